The Morgan fingerprint density at radius 3 is 2.62 bits per heavy atom. The molecule has 1 fully saturated rings. The van der Waals surface area contributed by atoms with E-state index < -0.39 is 23.3 Å². The topological polar surface area (TPSA) is 128 Å². The maximum atomic E-state index is 13.2. The summed E-state index contributed by atoms with van der Waals surface area (Å²) < 4.78 is 0. The first kappa shape index (κ1) is 26.2. The molecule has 2 aliphatic rings. The number of fused-ring (bicyclic) bond motifs is 1. The molecule has 3 atom stereocenters. The van der Waals surface area contributed by atoms with E-state index in [1.807, 2.05) is 37.3 Å². The van der Waals surface area contributed by atoms with E-state index in [2.05, 4.69) is 21.5 Å². The van der Waals surface area contributed by atoms with Crippen molar-refractivity contribution in [2.45, 2.75) is 37.8 Å². The van der Waals surface area contributed by atoms with Gasteiger partial charge in [-0.15, -0.1) is 0 Å². The van der Waals surface area contributed by atoms with Crippen LogP contribution >= 0.6 is 11.6 Å². The van der Waals surface area contributed by atoms with Crippen molar-refractivity contribution in [2.24, 2.45) is 10.9 Å². The van der Waals surface area contributed by atoms with Crippen LogP contribution in [0, 0.1) is 5.92 Å². The second-order valence-electron chi connectivity index (χ2n) is 9.75. The molecule has 0 radical (unpaired) electrons. The number of amides is 2. The van der Waals surface area contributed by atoms with Gasteiger partial charge in [0.1, 0.15) is 11.3 Å². The van der Waals surface area contributed by atoms with Crippen LogP contribution in [0.1, 0.15) is 64.1 Å². The van der Waals surface area contributed by atoms with Crippen molar-refractivity contribution in [3.63, 3.8) is 0 Å². The van der Waals surface area contributed by atoms with Gasteiger partial charge in [0.05, 0.1) is 22.3 Å². The molecule has 0 aromatic heterocycles. The van der Waals surface area contributed by atoms with Crippen molar-refractivity contribution in [1.82, 2.24) is 10.6 Å². The summed E-state index contributed by atoms with van der Waals surface area (Å²) in [6, 6.07) is 18.0. The number of para-hydroxylation sites is 1. The number of rotatable bonds is 9. The van der Waals surface area contributed by atoms with Crippen LogP contribution in [-0.2, 0) is 4.79 Å². The maximum Gasteiger partial charge on any atom is 0.330 e. The number of aliphatic carboxylic acids is 1. The fraction of sp³-hybridized carbons (Fsp3) is 0.233. The molecule has 9 heteroatoms. The fourth-order valence-electron chi connectivity index (χ4n) is 4.99. The third kappa shape index (κ3) is 5.04. The van der Waals surface area contributed by atoms with Crippen LogP contribution in [0.4, 0.5) is 5.69 Å². The van der Waals surface area contributed by atoms with E-state index >= 15 is 0 Å². The first-order valence-corrected chi connectivity index (χ1v) is 13.0. The Kier molecular flexibility index (Phi) is 7.00. The summed E-state index contributed by atoms with van der Waals surface area (Å²) in [5, 5.41) is 25.5. The number of benzene rings is 3. The van der Waals surface area contributed by atoms with Crippen LogP contribution in [0.15, 0.2) is 71.7 Å². The van der Waals surface area contributed by atoms with Gasteiger partial charge in [-0.25, -0.2) is 9.79 Å². The molecule has 2 unspecified atom stereocenters. The Hall–Kier alpha value is -4.39. The highest BCUT2D eigenvalue weighted by Crippen LogP contribution is 2.53. The third-order valence-corrected chi connectivity index (χ3v) is 7.46. The van der Waals surface area contributed by atoms with E-state index in [4.69, 9.17) is 11.6 Å². The number of aliphatic imine (C=N–C) groups is 1. The van der Waals surface area contributed by atoms with Gasteiger partial charge in [0.25, 0.3) is 11.8 Å². The highest BCUT2D eigenvalue weighted by atomic mass is 35.5. The van der Waals surface area contributed by atoms with Crippen molar-refractivity contribution in [3.8, 4) is 5.75 Å². The normalized spacial score (nSPS) is 19.5. The number of carbonyl (C=O) groups excluding carboxylic acids is 2. The van der Waals surface area contributed by atoms with Gasteiger partial charge in [0.15, 0.2) is 0 Å². The summed E-state index contributed by atoms with van der Waals surface area (Å²) in [6.45, 7) is 2.00. The molecule has 0 saturated heterocycles. The minimum absolute atomic E-state index is 0.0225. The number of halogens is 1. The van der Waals surface area contributed by atoms with Crippen LogP contribution < -0.4 is 10.6 Å². The van der Waals surface area contributed by atoms with Crippen LogP contribution in [0.2, 0.25) is 5.02 Å². The molecule has 5 rings (SSSR count). The minimum atomic E-state index is -1.50. The lowest BCUT2D eigenvalue weighted by molar-refractivity contribution is -0.140. The molecule has 0 bridgehead atoms. The van der Waals surface area contributed by atoms with E-state index in [0.717, 1.165) is 17.5 Å². The summed E-state index contributed by atoms with van der Waals surface area (Å²) in [7, 11) is 0. The highest BCUT2D eigenvalue weighted by Gasteiger charge is 2.64. The molecular weight excluding hydrogens is 518 g/mol. The highest BCUT2D eigenvalue weighted by molar-refractivity contribution is 6.34. The van der Waals surface area contributed by atoms with E-state index in [9.17, 15) is 24.6 Å². The second-order valence-corrected chi connectivity index (χ2v) is 10.2. The molecule has 2 amide bonds. The standard InChI is InChI=1S/C30H26ClN3O5/c1-2-6-25(17-7-5-8-19(35)13-17)33-27(36)18-11-12-21(24(31)14-18)28(37)34-30(29(38)39)15-23(30)22-16-32-26-10-4-3-9-20(22)26/h3-5,7-14,23,25,35H,2,6,15H2,1H3,(H,33,36)(H,34,37)(H,38,39)/t23-,25?,30?/m1/s1. The van der Waals surface area contributed by atoms with Gasteiger partial charge in [-0.3, -0.25) is 9.59 Å². The van der Waals surface area contributed by atoms with Gasteiger partial charge >= 0.3 is 5.97 Å². The number of phenols is 1. The van der Waals surface area contributed by atoms with E-state index in [1.165, 1.54) is 18.2 Å². The van der Waals surface area contributed by atoms with Crippen molar-refractivity contribution in [2.75, 3.05) is 0 Å². The number of hydrogen-bond acceptors (Lipinski definition) is 5. The number of carbonyl (C=O) groups is 3. The predicted octanol–water partition coefficient (Wildman–Crippen LogP) is 5.29. The number of phenolic OH excluding ortho intramolecular Hbond substituents is 1. The summed E-state index contributed by atoms with van der Waals surface area (Å²) in [5.41, 5.74) is 1.76. The third-order valence-electron chi connectivity index (χ3n) is 7.15. The van der Waals surface area contributed by atoms with Crippen LogP contribution in [-0.4, -0.2) is 39.4 Å². The van der Waals surface area contributed by atoms with Gasteiger partial charge in [0, 0.05) is 22.6 Å². The maximum absolute atomic E-state index is 13.2. The number of carboxylic acid groups (broad SMARTS) is 1. The van der Waals surface area contributed by atoms with Crippen LogP contribution in [0.25, 0.3) is 5.57 Å². The number of carboxylic acids is 1. The molecule has 198 valence electrons. The van der Waals surface area contributed by atoms with E-state index in [0.29, 0.717) is 17.7 Å². The second kappa shape index (κ2) is 10.4. The Bertz CT molecular complexity index is 1560. The Labute approximate surface area is 230 Å². The average Bonchev–Trinajstić information content (AvgIpc) is 3.48. The Morgan fingerprint density at radius 1 is 1.10 bits per heavy atom. The minimum Gasteiger partial charge on any atom is -0.508 e. The van der Waals surface area contributed by atoms with Crippen molar-refractivity contribution >= 4 is 46.5 Å². The molecule has 8 nitrogen and oxygen atoms in total. The summed E-state index contributed by atoms with van der Waals surface area (Å²) >= 11 is 6.41. The molecule has 4 N–H and O–H groups in total. The molecule has 1 heterocycles. The predicted molar refractivity (Wildman–Crippen MR) is 148 cm³/mol. The lowest BCUT2D eigenvalue weighted by Crippen LogP contribution is -2.45. The monoisotopic (exact) mass is 543 g/mol. The van der Waals surface area contributed by atoms with Gasteiger partial charge in [-0.05, 0) is 60.7 Å². The van der Waals surface area contributed by atoms with E-state index in [-0.39, 0.29) is 40.3 Å². The van der Waals surface area contributed by atoms with Crippen molar-refractivity contribution < 1.29 is 24.6 Å². The Balaban J connectivity index is 1.31. The molecular formula is C30H26ClN3O5. The zero-order valence-electron chi connectivity index (χ0n) is 21.1. The number of aromatic hydroxyl groups is 1. The lowest BCUT2D eigenvalue weighted by Gasteiger charge is -2.19. The van der Waals surface area contributed by atoms with Crippen molar-refractivity contribution in [1.29, 1.82) is 0 Å². The summed E-state index contributed by atoms with van der Waals surface area (Å²) in [5.74, 6) is 0.358. The fourth-order valence-corrected chi connectivity index (χ4v) is 5.26. The van der Waals surface area contributed by atoms with Gasteiger partial charge < -0.3 is 20.8 Å². The molecule has 39 heavy (non-hydrogen) atoms. The molecule has 3 aromatic rings. The number of hydrogen-bond donors (Lipinski definition) is 4. The van der Waals surface area contributed by atoms with Crippen molar-refractivity contribution in [3.05, 3.63) is 94.0 Å². The molecule has 1 saturated carbocycles. The first-order chi connectivity index (χ1) is 18.7. The smallest absolute Gasteiger partial charge is 0.330 e. The van der Waals surface area contributed by atoms with Crippen LogP contribution in [0.5, 0.6) is 5.75 Å². The molecule has 1 aliphatic heterocycles. The molecule has 0 spiro atoms. The summed E-state index contributed by atoms with van der Waals surface area (Å²) in [4.78, 5) is 42.7. The number of nitrogens with zero attached hydrogens (tertiary/aromatic N) is 1. The number of nitrogens with one attached hydrogen (secondary N) is 2. The Morgan fingerprint density at radius 2 is 1.90 bits per heavy atom. The largest absolute Gasteiger partial charge is 0.508 e. The van der Waals surface area contributed by atoms with Gasteiger partial charge in [-0.1, -0.05) is 55.3 Å². The van der Waals surface area contributed by atoms with Crippen LogP contribution in [0.3, 0.4) is 0 Å². The molecule has 1 aliphatic carbocycles. The molecule has 3 aromatic carbocycles. The van der Waals surface area contributed by atoms with E-state index in [1.54, 1.807) is 18.2 Å². The first-order valence-electron chi connectivity index (χ1n) is 12.6. The quantitative estimate of drug-likeness (QED) is 0.291. The SMILES string of the molecule is CCCC(NC(=O)c1ccc(C(=O)NC2(C(=O)O)C[C@@H]2C2=C=Nc3ccccc32)c(Cl)c1)c1cccc(O)c1. The van der Waals surface area contributed by atoms with Gasteiger partial charge in [0.2, 0.25) is 0 Å². The summed E-state index contributed by atoms with van der Waals surface area (Å²) in [6.07, 6.45) is 1.67. The van der Waals surface area contributed by atoms with Gasteiger partial charge in [-0.2, -0.15) is 0 Å². The zero-order valence-corrected chi connectivity index (χ0v) is 21.8. The zero-order chi connectivity index (χ0) is 27.7. The lowest BCUT2D eigenvalue weighted by atomic mass is 9.99. The average molecular weight is 544 g/mol.